The average molecular weight is 251 g/mol. The number of aryl methyl sites for hydroxylation is 1. The Balaban J connectivity index is 2.96. The van der Waals surface area contributed by atoms with E-state index in [1.165, 1.54) is 12.1 Å². The van der Waals surface area contributed by atoms with E-state index in [-0.39, 0.29) is 17.9 Å². The second-order valence-corrected chi connectivity index (χ2v) is 4.03. The Bertz CT molecular complexity index is 443. The van der Waals surface area contributed by atoms with E-state index in [0.29, 0.717) is 6.42 Å². The zero-order chi connectivity index (χ0) is 13.5. The molecule has 5 heteroatoms. The molecule has 0 aromatic heterocycles. The van der Waals surface area contributed by atoms with Crippen molar-refractivity contribution in [1.29, 1.82) is 0 Å². The fourth-order valence-corrected chi connectivity index (χ4v) is 1.61. The van der Waals surface area contributed by atoms with Crippen LogP contribution in [-0.2, 0) is 11.2 Å². The minimum Gasteiger partial charge on any atom is -0.419 e. The van der Waals surface area contributed by atoms with Crippen molar-refractivity contribution in [2.45, 2.75) is 39.5 Å². The number of ether oxygens (including phenoxy) is 1. The Morgan fingerprint density at radius 3 is 2.61 bits per heavy atom. The number of benzene rings is 1. The number of hydrogen-bond acceptors (Lipinski definition) is 4. The van der Waals surface area contributed by atoms with Crippen molar-refractivity contribution < 1.29 is 14.5 Å². The lowest BCUT2D eigenvalue weighted by atomic mass is 10.1. The molecule has 1 aromatic carbocycles. The smallest absolute Gasteiger partial charge is 0.311 e. The number of nitro benzene ring substituents is 1. The third kappa shape index (κ3) is 3.84. The summed E-state index contributed by atoms with van der Waals surface area (Å²) in [5.74, 6) is -0.415. The van der Waals surface area contributed by atoms with Crippen LogP contribution in [0, 0.1) is 10.1 Å². The highest BCUT2D eigenvalue weighted by molar-refractivity contribution is 5.73. The van der Waals surface area contributed by atoms with E-state index in [4.69, 9.17) is 4.74 Å². The molecule has 0 aliphatic heterocycles. The van der Waals surface area contributed by atoms with Crippen LogP contribution in [0.5, 0.6) is 5.75 Å². The molecule has 1 rings (SSSR count). The predicted molar refractivity (Wildman–Crippen MR) is 67.6 cm³/mol. The van der Waals surface area contributed by atoms with Crippen LogP contribution in [0.15, 0.2) is 18.2 Å². The number of rotatable bonds is 6. The quantitative estimate of drug-likeness (QED) is 0.337. The van der Waals surface area contributed by atoms with E-state index in [1.807, 2.05) is 13.8 Å². The highest BCUT2D eigenvalue weighted by Gasteiger charge is 2.18. The molecule has 1 aromatic rings. The summed E-state index contributed by atoms with van der Waals surface area (Å²) in [5.41, 5.74) is 0.727. The van der Waals surface area contributed by atoms with Gasteiger partial charge in [-0.05, 0) is 24.5 Å². The van der Waals surface area contributed by atoms with Crippen LogP contribution in [0.3, 0.4) is 0 Å². The van der Waals surface area contributed by atoms with Crippen LogP contribution in [0.4, 0.5) is 5.69 Å². The number of carbonyl (C=O) groups is 1. The Morgan fingerprint density at radius 2 is 2.06 bits per heavy atom. The minimum absolute atomic E-state index is 0.0262. The van der Waals surface area contributed by atoms with E-state index in [1.54, 1.807) is 6.07 Å². The average Bonchev–Trinajstić information content (AvgIpc) is 2.31. The van der Waals surface area contributed by atoms with Crippen molar-refractivity contribution in [2.24, 2.45) is 0 Å². The summed E-state index contributed by atoms with van der Waals surface area (Å²) in [4.78, 5) is 21.8. The molecule has 5 nitrogen and oxygen atoms in total. The molecular formula is C13H17NO4. The molecule has 0 unspecified atom stereocenters. The zero-order valence-corrected chi connectivity index (χ0v) is 10.6. The lowest BCUT2D eigenvalue weighted by Crippen LogP contribution is -2.08. The van der Waals surface area contributed by atoms with Gasteiger partial charge in [0, 0.05) is 12.5 Å². The maximum atomic E-state index is 11.4. The molecule has 0 amide bonds. The first kappa shape index (κ1) is 14.2. The first-order valence-corrected chi connectivity index (χ1v) is 6.06. The van der Waals surface area contributed by atoms with Crippen LogP contribution in [0.1, 0.15) is 38.7 Å². The van der Waals surface area contributed by atoms with Gasteiger partial charge >= 0.3 is 11.7 Å². The summed E-state index contributed by atoms with van der Waals surface area (Å²) in [5, 5.41) is 10.9. The second-order valence-electron chi connectivity index (χ2n) is 4.03. The molecule has 0 aliphatic rings. The summed E-state index contributed by atoms with van der Waals surface area (Å²) >= 11 is 0. The van der Waals surface area contributed by atoms with Gasteiger partial charge < -0.3 is 4.74 Å². The maximum Gasteiger partial charge on any atom is 0.311 e. The van der Waals surface area contributed by atoms with Crippen LogP contribution < -0.4 is 4.74 Å². The highest BCUT2D eigenvalue weighted by atomic mass is 16.6. The van der Waals surface area contributed by atoms with Crippen LogP contribution in [-0.4, -0.2) is 10.9 Å². The molecule has 18 heavy (non-hydrogen) atoms. The van der Waals surface area contributed by atoms with E-state index < -0.39 is 10.9 Å². The summed E-state index contributed by atoms with van der Waals surface area (Å²) in [6, 6.07) is 4.72. The Labute approximate surface area is 106 Å². The van der Waals surface area contributed by atoms with Gasteiger partial charge in [0.2, 0.25) is 5.75 Å². The number of hydrogen-bond donors (Lipinski definition) is 0. The van der Waals surface area contributed by atoms with Crippen molar-refractivity contribution in [1.82, 2.24) is 0 Å². The van der Waals surface area contributed by atoms with Gasteiger partial charge in [-0.3, -0.25) is 14.9 Å². The SMILES string of the molecule is CCCC(=O)Oc1ccc(CCC)cc1[N+](=O)[O-]. The van der Waals surface area contributed by atoms with Crippen molar-refractivity contribution in [3.8, 4) is 5.75 Å². The van der Waals surface area contributed by atoms with Crippen molar-refractivity contribution >= 4 is 11.7 Å². The number of nitro groups is 1. The summed E-state index contributed by atoms with van der Waals surface area (Å²) < 4.78 is 5.00. The van der Waals surface area contributed by atoms with Gasteiger partial charge in [-0.15, -0.1) is 0 Å². The zero-order valence-electron chi connectivity index (χ0n) is 10.6. The fourth-order valence-electron chi connectivity index (χ4n) is 1.61. The van der Waals surface area contributed by atoms with Crippen LogP contribution >= 0.6 is 0 Å². The molecule has 0 aliphatic carbocycles. The van der Waals surface area contributed by atoms with Crippen molar-refractivity contribution in [3.63, 3.8) is 0 Å². The van der Waals surface area contributed by atoms with Gasteiger partial charge in [0.15, 0.2) is 0 Å². The molecule has 0 atom stereocenters. The van der Waals surface area contributed by atoms with Gasteiger partial charge in [-0.1, -0.05) is 26.3 Å². The third-order valence-electron chi connectivity index (χ3n) is 2.44. The molecule has 0 radical (unpaired) electrons. The first-order chi connectivity index (χ1) is 8.58. The van der Waals surface area contributed by atoms with Gasteiger partial charge in [0.05, 0.1) is 4.92 Å². The Kier molecular flexibility index (Phi) is 5.30. The van der Waals surface area contributed by atoms with E-state index in [0.717, 1.165) is 18.4 Å². The minimum atomic E-state index is -0.520. The topological polar surface area (TPSA) is 69.4 Å². The molecule has 0 N–H and O–H groups in total. The molecule has 0 bridgehead atoms. The first-order valence-electron chi connectivity index (χ1n) is 6.06. The van der Waals surface area contributed by atoms with Gasteiger partial charge in [-0.25, -0.2) is 0 Å². The molecule has 0 saturated carbocycles. The maximum absolute atomic E-state index is 11.4. The fraction of sp³-hybridized carbons (Fsp3) is 0.462. The Morgan fingerprint density at radius 1 is 1.33 bits per heavy atom. The third-order valence-corrected chi connectivity index (χ3v) is 2.44. The number of nitrogens with zero attached hydrogens (tertiary/aromatic N) is 1. The molecule has 98 valence electrons. The predicted octanol–water partition coefficient (Wildman–Crippen LogP) is 3.25. The van der Waals surface area contributed by atoms with Crippen LogP contribution in [0.25, 0.3) is 0 Å². The lowest BCUT2D eigenvalue weighted by molar-refractivity contribution is -0.385. The molecule has 0 heterocycles. The summed E-state index contributed by atoms with van der Waals surface area (Å²) in [6.45, 7) is 3.85. The largest absolute Gasteiger partial charge is 0.419 e. The normalized spacial score (nSPS) is 10.1. The highest BCUT2D eigenvalue weighted by Crippen LogP contribution is 2.28. The monoisotopic (exact) mass is 251 g/mol. The summed E-state index contributed by atoms with van der Waals surface area (Å²) in [7, 11) is 0. The van der Waals surface area contributed by atoms with Crippen molar-refractivity contribution in [2.75, 3.05) is 0 Å². The Hall–Kier alpha value is -1.91. The van der Waals surface area contributed by atoms with E-state index in [2.05, 4.69) is 0 Å². The van der Waals surface area contributed by atoms with E-state index >= 15 is 0 Å². The number of esters is 1. The van der Waals surface area contributed by atoms with Gasteiger partial charge in [-0.2, -0.15) is 0 Å². The summed E-state index contributed by atoms with van der Waals surface area (Å²) in [6.07, 6.45) is 2.59. The molecule has 0 fully saturated rings. The van der Waals surface area contributed by atoms with Gasteiger partial charge in [0.1, 0.15) is 0 Å². The van der Waals surface area contributed by atoms with Crippen molar-refractivity contribution in [3.05, 3.63) is 33.9 Å². The molecule has 0 saturated heterocycles. The molecular weight excluding hydrogens is 234 g/mol. The standard InChI is InChI=1S/C13H17NO4/c1-3-5-10-7-8-12(11(9-10)14(16)17)18-13(15)6-4-2/h7-9H,3-6H2,1-2H3. The van der Waals surface area contributed by atoms with Gasteiger partial charge in [0.25, 0.3) is 0 Å². The second kappa shape index (κ2) is 6.74. The lowest BCUT2D eigenvalue weighted by Gasteiger charge is -2.06. The number of carbonyl (C=O) groups excluding carboxylic acids is 1. The van der Waals surface area contributed by atoms with E-state index in [9.17, 15) is 14.9 Å². The van der Waals surface area contributed by atoms with Crippen LogP contribution in [0.2, 0.25) is 0 Å². The molecule has 0 spiro atoms.